The number of aryl methyl sites for hydroxylation is 1. The zero-order valence-corrected chi connectivity index (χ0v) is 12.9. The number of hydrogen-bond donors (Lipinski definition) is 0. The van der Waals surface area contributed by atoms with E-state index >= 15 is 0 Å². The van der Waals surface area contributed by atoms with E-state index in [4.69, 9.17) is 16.3 Å². The standard InChI is InChI=1S/C15H13BrClFO/c1-9-7-10(3-6-14(9)18)15(16)12-5-4-11(19-2)8-13(12)17/h3-8,15H,1-2H3. The Morgan fingerprint density at radius 3 is 2.53 bits per heavy atom. The molecule has 0 aliphatic heterocycles. The molecular weight excluding hydrogens is 331 g/mol. The van der Waals surface area contributed by atoms with Gasteiger partial charge in [0.05, 0.1) is 11.9 Å². The Labute approximate surface area is 125 Å². The molecule has 0 amide bonds. The molecule has 0 aliphatic carbocycles. The van der Waals surface area contributed by atoms with Crippen LogP contribution in [0.25, 0.3) is 0 Å². The van der Waals surface area contributed by atoms with Gasteiger partial charge in [-0.05, 0) is 41.8 Å². The van der Waals surface area contributed by atoms with E-state index in [0.29, 0.717) is 16.3 Å². The molecular formula is C15H13BrClFO. The van der Waals surface area contributed by atoms with Crippen LogP contribution in [0.5, 0.6) is 5.75 Å². The maximum atomic E-state index is 13.3. The molecule has 1 atom stereocenters. The van der Waals surface area contributed by atoms with Crippen LogP contribution in [-0.4, -0.2) is 7.11 Å². The summed E-state index contributed by atoms with van der Waals surface area (Å²) in [5, 5.41) is 0.614. The molecule has 0 radical (unpaired) electrons. The van der Waals surface area contributed by atoms with Crippen LogP contribution in [0.2, 0.25) is 5.02 Å². The van der Waals surface area contributed by atoms with Crippen LogP contribution in [0.1, 0.15) is 21.5 Å². The summed E-state index contributed by atoms with van der Waals surface area (Å²) < 4.78 is 18.4. The van der Waals surface area contributed by atoms with Crippen molar-refractivity contribution in [3.05, 3.63) is 63.9 Å². The first-order valence-electron chi connectivity index (χ1n) is 5.76. The minimum atomic E-state index is -0.204. The molecule has 0 N–H and O–H groups in total. The summed E-state index contributed by atoms with van der Waals surface area (Å²) in [7, 11) is 1.60. The van der Waals surface area contributed by atoms with Gasteiger partial charge in [0, 0.05) is 5.02 Å². The summed E-state index contributed by atoms with van der Waals surface area (Å²) in [5.74, 6) is 0.507. The van der Waals surface area contributed by atoms with Crippen molar-refractivity contribution >= 4 is 27.5 Å². The van der Waals surface area contributed by atoms with Crippen LogP contribution in [0.3, 0.4) is 0 Å². The number of rotatable bonds is 3. The van der Waals surface area contributed by atoms with Crippen LogP contribution in [0, 0.1) is 12.7 Å². The topological polar surface area (TPSA) is 9.23 Å². The zero-order valence-electron chi connectivity index (χ0n) is 10.6. The number of methoxy groups -OCH3 is 1. The van der Waals surface area contributed by atoms with Gasteiger partial charge in [-0.3, -0.25) is 0 Å². The van der Waals surface area contributed by atoms with Gasteiger partial charge in [0.25, 0.3) is 0 Å². The average Bonchev–Trinajstić information content (AvgIpc) is 2.41. The highest BCUT2D eigenvalue weighted by Crippen LogP contribution is 2.37. The van der Waals surface area contributed by atoms with Crippen molar-refractivity contribution in [1.29, 1.82) is 0 Å². The second kappa shape index (κ2) is 5.93. The Hall–Kier alpha value is -1.06. The molecule has 0 saturated heterocycles. The fourth-order valence-electron chi connectivity index (χ4n) is 1.85. The van der Waals surface area contributed by atoms with Crippen molar-refractivity contribution in [3.63, 3.8) is 0 Å². The highest BCUT2D eigenvalue weighted by Gasteiger charge is 2.15. The third-order valence-electron chi connectivity index (χ3n) is 2.96. The fraction of sp³-hybridized carbons (Fsp3) is 0.200. The highest BCUT2D eigenvalue weighted by molar-refractivity contribution is 9.09. The first kappa shape index (κ1) is 14.4. The number of benzene rings is 2. The first-order valence-corrected chi connectivity index (χ1v) is 7.06. The van der Waals surface area contributed by atoms with Gasteiger partial charge in [-0.2, -0.15) is 0 Å². The molecule has 0 aromatic heterocycles. The Balaban J connectivity index is 2.38. The maximum Gasteiger partial charge on any atom is 0.126 e. The van der Waals surface area contributed by atoms with Crippen molar-refractivity contribution in [1.82, 2.24) is 0 Å². The second-order valence-electron chi connectivity index (χ2n) is 4.26. The van der Waals surface area contributed by atoms with E-state index in [9.17, 15) is 4.39 Å². The predicted molar refractivity (Wildman–Crippen MR) is 79.9 cm³/mol. The molecule has 2 rings (SSSR count). The van der Waals surface area contributed by atoms with Crippen molar-refractivity contribution in [2.45, 2.75) is 11.8 Å². The molecule has 2 aromatic rings. The fourth-order valence-corrected chi connectivity index (χ4v) is 2.94. The van der Waals surface area contributed by atoms with Crippen molar-refractivity contribution < 1.29 is 9.13 Å². The smallest absolute Gasteiger partial charge is 0.126 e. The molecule has 0 spiro atoms. The Bertz CT molecular complexity index is 601. The van der Waals surface area contributed by atoms with Crippen LogP contribution in [0.4, 0.5) is 4.39 Å². The van der Waals surface area contributed by atoms with Crippen LogP contribution < -0.4 is 4.74 Å². The highest BCUT2D eigenvalue weighted by atomic mass is 79.9. The normalized spacial score (nSPS) is 12.3. The Kier molecular flexibility index (Phi) is 4.48. The SMILES string of the molecule is COc1ccc(C(Br)c2ccc(F)c(C)c2)c(Cl)c1. The maximum absolute atomic E-state index is 13.3. The molecule has 0 bridgehead atoms. The summed E-state index contributed by atoms with van der Waals surface area (Å²) in [6.07, 6.45) is 0. The van der Waals surface area contributed by atoms with Gasteiger partial charge in [0.1, 0.15) is 11.6 Å². The summed E-state index contributed by atoms with van der Waals surface area (Å²) in [4.78, 5) is -0.0785. The zero-order chi connectivity index (χ0) is 14.0. The lowest BCUT2D eigenvalue weighted by molar-refractivity contribution is 0.414. The minimum absolute atomic E-state index is 0.0785. The van der Waals surface area contributed by atoms with Gasteiger partial charge in [0.15, 0.2) is 0 Å². The summed E-state index contributed by atoms with van der Waals surface area (Å²) in [5.41, 5.74) is 2.51. The molecule has 0 fully saturated rings. The second-order valence-corrected chi connectivity index (χ2v) is 5.58. The molecule has 2 aromatic carbocycles. The summed E-state index contributed by atoms with van der Waals surface area (Å²) >= 11 is 9.84. The van der Waals surface area contributed by atoms with Gasteiger partial charge in [-0.1, -0.05) is 45.7 Å². The molecule has 0 saturated carbocycles. The van der Waals surface area contributed by atoms with Gasteiger partial charge >= 0.3 is 0 Å². The van der Waals surface area contributed by atoms with Gasteiger partial charge in [-0.15, -0.1) is 0 Å². The minimum Gasteiger partial charge on any atom is -0.497 e. The van der Waals surface area contributed by atoms with Gasteiger partial charge in [0.2, 0.25) is 0 Å². The van der Waals surface area contributed by atoms with Crippen LogP contribution in [0.15, 0.2) is 36.4 Å². The molecule has 4 heteroatoms. The number of halogens is 3. The van der Waals surface area contributed by atoms with Crippen molar-refractivity contribution in [2.75, 3.05) is 7.11 Å². The Morgan fingerprint density at radius 1 is 1.21 bits per heavy atom. The number of alkyl halides is 1. The number of hydrogen-bond acceptors (Lipinski definition) is 1. The van der Waals surface area contributed by atoms with Crippen LogP contribution in [-0.2, 0) is 0 Å². The Morgan fingerprint density at radius 2 is 1.95 bits per heavy atom. The molecule has 1 nitrogen and oxygen atoms in total. The molecule has 19 heavy (non-hydrogen) atoms. The van der Waals surface area contributed by atoms with E-state index in [1.54, 1.807) is 26.2 Å². The third kappa shape index (κ3) is 3.10. The van der Waals surface area contributed by atoms with E-state index < -0.39 is 0 Å². The summed E-state index contributed by atoms with van der Waals surface area (Å²) in [6.45, 7) is 1.74. The lowest BCUT2D eigenvalue weighted by Crippen LogP contribution is -1.96. The van der Waals surface area contributed by atoms with Crippen molar-refractivity contribution in [3.8, 4) is 5.75 Å². The van der Waals surface area contributed by atoms with Crippen LogP contribution >= 0.6 is 27.5 Å². The predicted octanol–water partition coefficient (Wildman–Crippen LogP) is 5.28. The molecule has 100 valence electrons. The summed E-state index contributed by atoms with van der Waals surface area (Å²) in [6, 6.07) is 10.6. The van der Waals surface area contributed by atoms with Gasteiger partial charge < -0.3 is 4.74 Å². The lowest BCUT2D eigenvalue weighted by atomic mass is 10.0. The third-order valence-corrected chi connectivity index (χ3v) is 4.30. The number of ether oxygens (including phenoxy) is 1. The van der Waals surface area contributed by atoms with E-state index in [0.717, 1.165) is 11.1 Å². The molecule has 0 heterocycles. The lowest BCUT2D eigenvalue weighted by Gasteiger charge is -2.14. The molecule has 0 aliphatic rings. The van der Waals surface area contributed by atoms with E-state index in [2.05, 4.69) is 15.9 Å². The largest absolute Gasteiger partial charge is 0.497 e. The quantitative estimate of drug-likeness (QED) is 0.689. The first-order chi connectivity index (χ1) is 9.02. The monoisotopic (exact) mass is 342 g/mol. The van der Waals surface area contributed by atoms with Crippen molar-refractivity contribution in [2.24, 2.45) is 0 Å². The van der Waals surface area contributed by atoms with E-state index in [1.165, 1.54) is 6.07 Å². The van der Waals surface area contributed by atoms with Gasteiger partial charge in [-0.25, -0.2) is 4.39 Å². The van der Waals surface area contributed by atoms with E-state index in [1.807, 2.05) is 18.2 Å². The van der Waals surface area contributed by atoms with E-state index in [-0.39, 0.29) is 10.6 Å². The molecule has 1 unspecified atom stereocenters. The average molecular weight is 344 g/mol.